The average Bonchev–Trinajstić information content (AvgIpc) is 2.36. The van der Waals surface area contributed by atoms with Crippen molar-refractivity contribution < 1.29 is 14.6 Å². The first-order valence-corrected chi connectivity index (χ1v) is 9.55. The molecule has 0 aliphatic rings. The molecule has 0 amide bonds. The molecular formula is C15H26O3Si. The third-order valence-corrected chi connectivity index (χ3v) is 8.58. The molecule has 0 saturated carbocycles. The lowest BCUT2D eigenvalue weighted by atomic mass is 9.97. The third-order valence-electron chi connectivity index (χ3n) is 4.10. The molecule has 108 valence electrons. The monoisotopic (exact) mass is 282 g/mol. The normalized spacial score (nSPS) is 16.2. The smallest absolute Gasteiger partial charge is 0.192 e. The highest BCUT2D eigenvalue weighted by molar-refractivity contribution is 6.74. The highest BCUT2D eigenvalue weighted by Crippen LogP contribution is 2.38. The first kappa shape index (κ1) is 16.4. The molecular weight excluding hydrogens is 256 g/mol. The maximum atomic E-state index is 9.27. The highest BCUT2D eigenvalue weighted by Gasteiger charge is 2.40. The molecule has 1 aromatic carbocycles. The number of benzene rings is 1. The molecule has 19 heavy (non-hydrogen) atoms. The Bertz CT molecular complexity index is 398. The molecule has 0 bridgehead atoms. The molecule has 4 heteroatoms. The fourth-order valence-corrected chi connectivity index (χ4v) is 2.56. The van der Waals surface area contributed by atoms with Gasteiger partial charge in [0.2, 0.25) is 0 Å². The van der Waals surface area contributed by atoms with Gasteiger partial charge < -0.3 is 4.43 Å². The van der Waals surface area contributed by atoms with Crippen LogP contribution in [-0.2, 0) is 14.9 Å². The van der Waals surface area contributed by atoms with Crippen molar-refractivity contribution in [3.8, 4) is 0 Å². The second kappa shape index (κ2) is 5.75. The zero-order valence-corrected chi connectivity index (χ0v) is 13.9. The second-order valence-electron chi connectivity index (χ2n) is 6.74. The Balaban J connectivity index is 2.84. The van der Waals surface area contributed by atoms with Gasteiger partial charge in [0.25, 0.3) is 0 Å². The van der Waals surface area contributed by atoms with Crippen molar-refractivity contribution in [3.05, 3.63) is 35.9 Å². The van der Waals surface area contributed by atoms with Gasteiger partial charge in [-0.15, -0.1) is 0 Å². The fourth-order valence-electron chi connectivity index (χ4n) is 1.49. The van der Waals surface area contributed by atoms with Gasteiger partial charge in [-0.1, -0.05) is 51.1 Å². The van der Waals surface area contributed by atoms with Crippen LogP contribution >= 0.6 is 0 Å². The van der Waals surface area contributed by atoms with Gasteiger partial charge in [-0.3, -0.25) is 5.26 Å². The van der Waals surface area contributed by atoms with Crippen LogP contribution in [0.25, 0.3) is 0 Å². The maximum Gasteiger partial charge on any atom is 0.192 e. The van der Waals surface area contributed by atoms with E-state index in [0.29, 0.717) is 6.61 Å². The number of hydrogen-bond donors (Lipinski definition) is 1. The Labute approximate surface area is 117 Å². The van der Waals surface area contributed by atoms with Crippen LogP contribution in [0.4, 0.5) is 0 Å². The van der Waals surface area contributed by atoms with Crippen LogP contribution in [0.1, 0.15) is 33.3 Å². The van der Waals surface area contributed by atoms with Crippen LogP contribution in [0.2, 0.25) is 18.1 Å². The molecule has 0 unspecified atom stereocenters. The minimum atomic E-state index is -1.85. The lowest BCUT2D eigenvalue weighted by molar-refractivity contribution is -0.330. The molecule has 0 heterocycles. The Hall–Kier alpha value is -0.683. The van der Waals surface area contributed by atoms with Crippen molar-refractivity contribution in [3.63, 3.8) is 0 Å². The van der Waals surface area contributed by atoms with E-state index in [2.05, 4.69) is 33.9 Å². The summed E-state index contributed by atoms with van der Waals surface area (Å²) in [6, 6.07) is 9.67. The molecule has 0 aliphatic heterocycles. The van der Waals surface area contributed by atoms with Gasteiger partial charge >= 0.3 is 0 Å². The molecule has 3 nitrogen and oxygen atoms in total. The van der Waals surface area contributed by atoms with Crippen molar-refractivity contribution in [1.82, 2.24) is 0 Å². The van der Waals surface area contributed by atoms with Crippen LogP contribution in [0.15, 0.2) is 30.3 Å². The van der Waals surface area contributed by atoms with Crippen molar-refractivity contribution in [1.29, 1.82) is 0 Å². The summed E-state index contributed by atoms with van der Waals surface area (Å²) in [6.45, 7) is 13.2. The maximum absolute atomic E-state index is 9.27. The standard InChI is InChI=1S/C15H26O3Si/c1-14(2,3)19(5,6)17-12-15(4,18-16)13-10-8-7-9-11-13/h7-11,16H,12H2,1-6H3/t15-/m1/s1. The highest BCUT2D eigenvalue weighted by atomic mass is 28.4. The fraction of sp³-hybridized carbons (Fsp3) is 0.600. The van der Waals surface area contributed by atoms with Crippen LogP contribution in [-0.4, -0.2) is 20.2 Å². The summed E-state index contributed by atoms with van der Waals surface area (Å²) in [6.07, 6.45) is 0. The predicted molar refractivity (Wildman–Crippen MR) is 80.7 cm³/mol. The van der Waals surface area contributed by atoms with Crippen LogP contribution in [0, 0.1) is 0 Å². The third kappa shape index (κ3) is 3.89. The Morgan fingerprint density at radius 3 is 2.00 bits per heavy atom. The van der Waals surface area contributed by atoms with E-state index >= 15 is 0 Å². The van der Waals surface area contributed by atoms with Crippen molar-refractivity contribution in [2.45, 2.75) is 51.4 Å². The molecule has 1 aromatic rings. The summed E-state index contributed by atoms with van der Waals surface area (Å²) in [4.78, 5) is 4.73. The molecule has 0 radical (unpaired) electrons. The summed E-state index contributed by atoms with van der Waals surface area (Å²) >= 11 is 0. The van der Waals surface area contributed by atoms with Gasteiger partial charge in [0.05, 0.1) is 6.61 Å². The van der Waals surface area contributed by atoms with E-state index in [-0.39, 0.29) is 5.04 Å². The molecule has 1 atom stereocenters. The topological polar surface area (TPSA) is 38.7 Å². The summed E-state index contributed by atoms with van der Waals surface area (Å²) in [5, 5.41) is 9.41. The molecule has 0 aromatic heterocycles. The minimum Gasteiger partial charge on any atom is -0.413 e. The zero-order chi connectivity index (χ0) is 14.7. The van der Waals surface area contributed by atoms with Crippen LogP contribution in [0.3, 0.4) is 0 Å². The minimum absolute atomic E-state index is 0.139. The second-order valence-corrected chi connectivity index (χ2v) is 11.5. The van der Waals surface area contributed by atoms with Gasteiger partial charge in [-0.25, -0.2) is 4.89 Å². The molecule has 1 rings (SSSR count). The van der Waals surface area contributed by atoms with E-state index < -0.39 is 13.9 Å². The molecule has 1 N–H and O–H groups in total. The first-order valence-electron chi connectivity index (χ1n) is 6.64. The zero-order valence-electron chi connectivity index (χ0n) is 12.9. The van der Waals surface area contributed by atoms with Gasteiger partial charge in [0.1, 0.15) is 5.60 Å². The average molecular weight is 282 g/mol. The predicted octanol–water partition coefficient (Wildman–Crippen LogP) is 4.41. The Kier molecular flexibility index (Phi) is 4.95. The van der Waals surface area contributed by atoms with Gasteiger partial charge in [0, 0.05) is 0 Å². The van der Waals surface area contributed by atoms with E-state index in [1.807, 2.05) is 37.3 Å². The quantitative estimate of drug-likeness (QED) is 0.494. The van der Waals surface area contributed by atoms with Crippen LogP contribution in [0.5, 0.6) is 0 Å². The molecule has 0 aliphatic carbocycles. The molecule has 0 fully saturated rings. The summed E-state index contributed by atoms with van der Waals surface area (Å²) in [5.41, 5.74) is 0.0905. The van der Waals surface area contributed by atoms with Gasteiger partial charge in [0.15, 0.2) is 8.32 Å². The molecule has 0 spiro atoms. The number of rotatable bonds is 5. The first-order chi connectivity index (χ1) is 8.62. The van der Waals surface area contributed by atoms with Crippen molar-refractivity contribution in [2.24, 2.45) is 0 Å². The van der Waals surface area contributed by atoms with E-state index in [9.17, 15) is 5.26 Å². The van der Waals surface area contributed by atoms with Gasteiger partial charge in [-0.2, -0.15) is 0 Å². The summed E-state index contributed by atoms with van der Waals surface area (Å²) in [7, 11) is -1.85. The van der Waals surface area contributed by atoms with Crippen molar-refractivity contribution in [2.75, 3.05) is 6.61 Å². The summed E-state index contributed by atoms with van der Waals surface area (Å²) < 4.78 is 6.16. The van der Waals surface area contributed by atoms with E-state index in [4.69, 9.17) is 9.31 Å². The largest absolute Gasteiger partial charge is 0.413 e. The van der Waals surface area contributed by atoms with E-state index in [0.717, 1.165) is 5.56 Å². The van der Waals surface area contributed by atoms with Gasteiger partial charge in [-0.05, 0) is 30.6 Å². The number of hydrogen-bond acceptors (Lipinski definition) is 3. The SMILES string of the molecule is CC(C)(C)[Si](C)(C)OC[C@@](C)(OO)c1ccccc1. The Morgan fingerprint density at radius 2 is 1.58 bits per heavy atom. The lowest BCUT2D eigenvalue weighted by Crippen LogP contribution is -2.45. The van der Waals surface area contributed by atoms with E-state index in [1.165, 1.54) is 0 Å². The van der Waals surface area contributed by atoms with Crippen molar-refractivity contribution >= 4 is 8.32 Å². The Morgan fingerprint density at radius 1 is 1.05 bits per heavy atom. The van der Waals surface area contributed by atoms with E-state index in [1.54, 1.807) is 0 Å². The van der Waals surface area contributed by atoms with Crippen LogP contribution < -0.4 is 0 Å². The summed E-state index contributed by atoms with van der Waals surface area (Å²) in [5.74, 6) is 0. The molecule has 0 saturated heterocycles. The lowest BCUT2D eigenvalue weighted by Gasteiger charge is -2.39.